The molecule has 0 radical (unpaired) electrons. The van der Waals surface area contributed by atoms with E-state index >= 15 is 0 Å². The Bertz CT molecular complexity index is 1490. The molecule has 0 atom stereocenters. The lowest BCUT2D eigenvalue weighted by Gasteiger charge is -2.16. The van der Waals surface area contributed by atoms with Gasteiger partial charge >= 0.3 is 5.97 Å². The normalized spacial score (nSPS) is 13.0. The number of amides is 3. The molecule has 0 saturated carbocycles. The Morgan fingerprint density at radius 3 is 2.39 bits per heavy atom. The molecule has 3 aromatic rings. The summed E-state index contributed by atoms with van der Waals surface area (Å²) in [5, 5.41) is 5.65. The Morgan fingerprint density at radius 2 is 1.66 bits per heavy atom. The maximum atomic E-state index is 13.2. The van der Waals surface area contributed by atoms with Crippen LogP contribution in [0.2, 0.25) is 5.02 Å². The molecular formula is C27H21Cl2N3O6. The van der Waals surface area contributed by atoms with Crippen molar-refractivity contribution in [1.82, 2.24) is 0 Å². The predicted octanol–water partition coefficient (Wildman–Crippen LogP) is 5.21. The van der Waals surface area contributed by atoms with Crippen molar-refractivity contribution in [2.45, 2.75) is 6.92 Å². The zero-order valence-corrected chi connectivity index (χ0v) is 21.7. The van der Waals surface area contributed by atoms with Crippen LogP contribution in [0.4, 0.5) is 17.1 Å². The van der Waals surface area contributed by atoms with Crippen molar-refractivity contribution in [3.8, 4) is 5.75 Å². The number of anilines is 3. The summed E-state index contributed by atoms with van der Waals surface area (Å²) in [6.45, 7) is 1.85. The van der Waals surface area contributed by atoms with E-state index in [1.165, 1.54) is 37.4 Å². The molecule has 3 amide bonds. The van der Waals surface area contributed by atoms with E-state index in [0.717, 1.165) is 4.90 Å². The van der Waals surface area contributed by atoms with Gasteiger partial charge in [-0.15, -0.1) is 0 Å². The second kappa shape index (κ2) is 11.4. The Balaban J connectivity index is 1.54. The minimum Gasteiger partial charge on any atom is -0.495 e. The van der Waals surface area contributed by atoms with Crippen molar-refractivity contribution in [1.29, 1.82) is 0 Å². The number of rotatable bonds is 8. The van der Waals surface area contributed by atoms with Crippen LogP contribution in [0.1, 0.15) is 27.6 Å². The standard InChI is InChI=1S/C27H21Cl2N3O6/c1-3-38-27(36)16-7-5-9-19(13-16)32-25(34)22(29)23(26(32)35)30-18-8-4-6-15(12-18)24(33)31-20-14-17(28)10-11-21(20)37-2/h4-14,30H,3H2,1-2H3,(H,31,33). The van der Waals surface area contributed by atoms with Crippen molar-refractivity contribution in [2.24, 2.45) is 0 Å². The summed E-state index contributed by atoms with van der Waals surface area (Å²) >= 11 is 12.3. The monoisotopic (exact) mass is 553 g/mol. The highest BCUT2D eigenvalue weighted by molar-refractivity contribution is 6.53. The largest absolute Gasteiger partial charge is 0.495 e. The van der Waals surface area contributed by atoms with Crippen molar-refractivity contribution in [3.63, 3.8) is 0 Å². The van der Waals surface area contributed by atoms with Gasteiger partial charge in [0, 0.05) is 16.3 Å². The first kappa shape index (κ1) is 26.7. The van der Waals surface area contributed by atoms with E-state index in [0.29, 0.717) is 22.1 Å². The fourth-order valence-corrected chi connectivity index (χ4v) is 4.07. The van der Waals surface area contributed by atoms with Gasteiger partial charge in [-0.3, -0.25) is 14.4 Å². The van der Waals surface area contributed by atoms with Crippen LogP contribution in [0.3, 0.4) is 0 Å². The van der Waals surface area contributed by atoms with Crippen molar-refractivity contribution >= 4 is 64.0 Å². The van der Waals surface area contributed by atoms with Crippen molar-refractivity contribution in [2.75, 3.05) is 29.3 Å². The molecule has 1 aliphatic rings. The van der Waals surface area contributed by atoms with Gasteiger partial charge in [-0.2, -0.15) is 0 Å². The number of methoxy groups -OCH3 is 1. The van der Waals surface area contributed by atoms with E-state index in [-0.39, 0.29) is 34.2 Å². The number of carbonyl (C=O) groups is 4. The summed E-state index contributed by atoms with van der Waals surface area (Å²) in [4.78, 5) is 51.9. The highest BCUT2D eigenvalue weighted by Gasteiger charge is 2.39. The van der Waals surface area contributed by atoms with Gasteiger partial charge in [0.25, 0.3) is 17.7 Å². The number of imide groups is 1. The van der Waals surface area contributed by atoms with Crippen LogP contribution in [0.25, 0.3) is 0 Å². The van der Waals surface area contributed by atoms with Gasteiger partial charge in [-0.05, 0) is 61.5 Å². The summed E-state index contributed by atoms with van der Waals surface area (Å²) in [5.74, 6) is -2.10. The average molecular weight is 554 g/mol. The van der Waals surface area contributed by atoms with Gasteiger partial charge in [0.1, 0.15) is 16.5 Å². The molecule has 0 spiro atoms. The summed E-state index contributed by atoms with van der Waals surface area (Å²) in [7, 11) is 1.47. The molecule has 3 aromatic carbocycles. The topological polar surface area (TPSA) is 114 Å². The van der Waals surface area contributed by atoms with Gasteiger partial charge in [-0.1, -0.05) is 35.3 Å². The van der Waals surface area contributed by atoms with Gasteiger partial charge in [0.05, 0.1) is 30.7 Å². The summed E-state index contributed by atoms with van der Waals surface area (Å²) in [5.41, 5.74) is 1.14. The first-order valence-electron chi connectivity index (χ1n) is 11.3. The molecule has 38 heavy (non-hydrogen) atoms. The second-order valence-corrected chi connectivity index (χ2v) is 8.72. The fraction of sp³-hybridized carbons (Fsp3) is 0.111. The van der Waals surface area contributed by atoms with E-state index < -0.39 is 23.7 Å². The molecule has 0 aliphatic carbocycles. The van der Waals surface area contributed by atoms with Crippen LogP contribution in [-0.4, -0.2) is 37.4 Å². The van der Waals surface area contributed by atoms with Crippen molar-refractivity contribution in [3.05, 3.63) is 93.6 Å². The van der Waals surface area contributed by atoms with Crippen LogP contribution >= 0.6 is 23.2 Å². The predicted molar refractivity (Wildman–Crippen MR) is 144 cm³/mol. The van der Waals surface area contributed by atoms with Crippen LogP contribution < -0.4 is 20.3 Å². The zero-order valence-electron chi connectivity index (χ0n) is 20.2. The number of hydrogen-bond acceptors (Lipinski definition) is 7. The lowest BCUT2D eigenvalue weighted by atomic mass is 10.1. The van der Waals surface area contributed by atoms with Gasteiger partial charge < -0.3 is 20.1 Å². The maximum absolute atomic E-state index is 13.2. The molecule has 11 heteroatoms. The van der Waals surface area contributed by atoms with Gasteiger partial charge in [0.15, 0.2) is 0 Å². The van der Waals surface area contributed by atoms with E-state index in [2.05, 4.69) is 10.6 Å². The highest BCUT2D eigenvalue weighted by Crippen LogP contribution is 2.31. The number of carbonyl (C=O) groups excluding carboxylic acids is 4. The Morgan fingerprint density at radius 1 is 0.921 bits per heavy atom. The zero-order chi connectivity index (χ0) is 27.4. The first-order valence-corrected chi connectivity index (χ1v) is 12.1. The molecule has 9 nitrogen and oxygen atoms in total. The molecule has 0 saturated heterocycles. The molecule has 0 bridgehead atoms. The number of esters is 1. The lowest BCUT2D eigenvalue weighted by Crippen LogP contribution is -2.32. The van der Waals surface area contributed by atoms with Crippen LogP contribution in [0, 0.1) is 0 Å². The van der Waals surface area contributed by atoms with E-state index in [4.69, 9.17) is 32.7 Å². The minimum atomic E-state index is -0.762. The smallest absolute Gasteiger partial charge is 0.338 e. The van der Waals surface area contributed by atoms with E-state index in [9.17, 15) is 19.2 Å². The Hall–Kier alpha value is -4.34. The number of nitrogens with zero attached hydrogens (tertiary/aromatic N) is 1. The van der Waals surface area contributed by atoms with Crippen LogP contribution in [0.5, 0.6) is 5.75 Å². The Labute approximate surface area is 227 Å². The molecule has 0 fully saturated rings. The van der Waals surface area contributed by atoms with Crippen LogP contribution in [-0.2, 0) is 14.3 Å². The minimum absolute atomic E-state index is 0.157. The Kier molecular flexibility index (Phi) is 7.99. The van der Waals surface area contributed by atoms with E-state index in [1.807, 2.05) is 0 Å². The molecule has 4 rings (SSSR count). The number of ether oxygens (including phenoxy) is 2. The quantitative estimate of drug-likeness (QED) is 0.290. The summed E-state index contributed by atoms with van der Waals surface area (Å²) < 4.78 is 10.2. The molecule has 2 N–H and O–H groups in total. The average Bonchev–Trinajstić information content (AvgIpc) is 3.12. The third kappa shape index (κ3) is 5.49. The van der Waals surface area contributed by atoms with E-state index in [1.54, 1.807) is 43.3 Å². The van der Waals surface area contributed by atoms with Gasteiger partial charge in [0.2, 0.25) is 0 Å². The SMILES string of the molecule is CCOC(=O)c1cccc(N2C(=O)C(Cl)=C(Nc3cccc(C(=O)Nc4cc(Cl)ccc4OC)c3)C2=O)c1. The van der Waals surface area contributed by atoms with Gasteiger partial charge in [-0.25, -0.2) is 9.69 Å². The molecular weight excluding hydrogens is 533 g/mol. The molecule has 0 unspecified atom stereocenters. The number of halogens is 2. The van der Waals surface area contributed by atoms with Crippen molar-refractivity contribution < 1.29 is 28.7 Å². The molecule has 1 heterocycles. The number of benzene rings is 3. The third-order valence-corrected chi connectivity index (χ3v) is 6.03. The number of hydrogen-bond donors (Lipinski definition) is 2. The number of nitrogens with one attached hydrogen (secondary N) is 2. The summed E-state index contributed by atoms with van der Waals surface area (Å²) in [6.07, 6.45) is 0. The molecule has 0 aromatic heterocycles. The molecule has 1 aliphatic heterocycles. The fourth-order valence-electron chi connectivity index (χ4n) is 3.69. The summed E-state index contributed by atoms with van der Waals surface area (Å²) in [6, 6.07) is 17.0. The lowest BCUT2D eigenvalue weighted by molar-refractivity contribution is -0.120. The molecule has 194 valence electrons. The van der Waals surface area contributed by atoms with Crippen LogP contribution in [0.15, 0.2) is 77.5 Å². The second-order valence-electron chi connectivity index (χ2n) is 7.91. The third-order valence-electron chi connectivity index (χ3n) is 5.45. The highest BCUT2D eigenvalue weighted by atomic mass is 35.5. The first-order chi connectivity index (χ1) is 18.2. The maximum Gasteiger partial charge on any atom is 0.338 e.